The molecule has 0 heterocycles. The summed E-state index contributed by atoms with van der Waals surface area (Å²) in [7, 11) is -2.91. The number of rotatable bonds is 10. The lowest BCUT2D eigenvalue weighted by molar-refractivity contribution is -0.139. The summed E-state index contributed by atoms with van der Waals surface area (Å²) in [5, 5.41) is 2.60. The molecule has 1 atom stereocenters. The molecule has 3 aromatic carbocycles. The Morgan fingerprint density at radius 1 is 0.950 bits per heavy atom. The highest BCUT2D eigenvalue weighted by Crippen LogP contribution is 2.36. The lowest BCUT2D eigenvalue weighted by Crippen LogP contribution is -2.53. The fraction of sp³-hybridized carbons (Fsp3) is 0.259. The van der Waals surface area contributed by atoms with E-state index in [1.54, 1.807) is 54.6 Å². The number of halogens is 5. The van der Waals surface area contributed by atoms with Gasteiger partial charge in [-0.15, -0.1) is 0 Å². The van der Waals surface area contributed by atoms with E-state index in [1.807, 2.05) is 0 Å². The molecule has 13 heteroatoms. The van der Waals surface area contributed by atoms with Crippen LogP contribution >= 0.6 is 23.2 Å². The van der Waals surface area contributed by atoms with Crippen LogP contribution in [0.2, 0.25) is 10.0 Å². The number of amides is 2. The first-order valence-electron chi connectivity index (χ1n) is 11.8. The van der Waals surface area contributed by atoms with Crippen molar-refractivity contribution in [2.45, 2.75) is 25.2 Å². The molecule has 0 radical (unpaired) electrons. The van der Waals surface area contributed by atoms with Crippen LogP contribution in [-0.2, 0) is 38.8 Å². The van der Waals surface area contributed by atoms with Crippen molar-refractivity contribution in [1.29, 1.82) is 0 Å². The minimum atomic E-state index is -4.79. The summed E-state index contributed by atoms with van der Waals surface area (Å²) in [6.45, 7) is -1.05. The third-order valence-corrected chi connectivity index (χ3v) is 7.66. The summed E-state index contributed by atoms with van der Waals surface area (Å²) in [6, 6.07) is 16.5. The van der Waals surface area contributed by atoms with E-state index in [4.69, 9.17) is 23.2 Å². The van der Waals surface area contributed by atoms with Gasteiger partial charge in [-0.25, -0.2) is 8.42 Å². The van der Waals surface area contributed by atoms with Gasteiger partial charge in [-0.05, 0) is 41.5 Å². The molecule has 0 aromatic heterocycles. The molecule has 0 aliphatic carbocycles. The summed E-state index contributed by atoms with van der Waals surface area (Å²) >= 11 is 12.2. The van der Waals surface area contributed by atoms with Crippen molar-refractivity contribution in [2.24, 2.45) is 0 Å². The minimum Gasteiger partial charge on any atom is -0.357 e. The molecular weight excluding hydrogens is 590 g/mol. The minimum absolute atomic E-state index is 0.0794. The van der Waals surface area contributed by atoms with Gasteiger partial charge in [0, 0.05) is 25.0 Å². The Morgan fingerprint density at radius 3 is 2.17 bits per heavy atom. The smallest absolute Gasteiger partial charge is 0.357 e. The number of hydrogen-bond donors (Lipinski definition) is 1. The molecule has 0 saturated carbocycles. The first kappa shape index (κ1) is 31.3. The number of carbonyl (C=O) groups is 2. The van der Waals surface area contributed by atoms with Gasteiger partial charge in [0.05, 0.1) is 22.5 Å². The van der Waals surface area contributed by atoms with Crippen LogP contribution in [0.4, 0.5) is 18.9 Å². The summed E-state index contributed by atoms with van der Waals surface area (Å²) in [5.74, 6) is -1.37. The van der Waals surface area contributed by atoms with Gasteiger partial charge in [0.25, 0.3) is 0 Å². The maximum atomic E-state index is 13.8. The third kappa shape index (κ3) is 8.12. The number of likely N-dealkylation sites (N-methyl/N-ethyl adjacent to an activating group) is 1. The van der Waals surface area contributed by atoms with E-state index in [0.717, 1.165) is 17.9 Å². The predicted octanol–water partition coefficient (Wildman–Crippen LogP) is 5.16. The van der Waals surface area contributed by atoms with Crippen LogP contribution in [0.15, 0.2) is 72.8 Å². The van der Waals surface area contributed by atoms with Crippen LogP contribution in [0.25, 0.3) is 0 Å². The molecule has 1 N–H and O–H groups in total. The third-order valence-electron chi connectivity index (χ3n) is 5.98. The zero-order chi connectivity index (χ0) is 29.7. The molecular formula is C27H26Cl2F3N3O4S. The molecule has 0 bridgehead atoms. The van der Waals surface area contributed by atoms with E-state index < -0.39 is 51.9 Å². The summed E-state index contributed by atoms with van der Waals surface area (Å²) in [4.78, 5) is 28.1. The second-order valence-corrected chi connectivity index (χ2v) is 11.7. The number of anilines is 1. The number of nitrogens with one attached hydrogen (secondary N) is 1. The van der Waals surface area contributed by atoms with Gasteiger partial charge < -0.3 is 10.2 Å². The van der Waals surface area contributed by atoms with E-state index in [2.05, 4.69) is 5.32 Å². The first-order chi connectivity index (χ1) is 18.7. The van der Waals surface area contributed by atoms with Gasteiger partial charge in [-0.3, -0.25) is 13.9 Å². The van der Waals surface area contributed by atoms with E-state index in [-0.39, 0.29) is 18.0 Å². The number of sulfonamides is 1. The van der Waals surface area contributed by atoms with Crippen molar-refractivity contribution in [3.8, 4) is 0 Å². The highest BCUT2D eigenvalue weighted by atomic mass is 35.5. The summed E-state index contributed by atoms with van der Waals surface area (Å²) in [5.41, 5.74) is -0.391. The maximum Gasteiger partial charge on any atom is 0.416 e. The zero-order valence-corrected chi connectivity index (χ0v) is 23.8. The maximum absolute atomic E-state index is 13.8. The van der Waals surface area contributed by atoms with Crippen molar-refractivity contribution in [2.75, 3.05) is 24.2 Å². The normalized spacial score (nSPS) is 12.5. The van der Waals surface area contributed by atoms with Crippen molar-refractivity contribution in [1.82, 2.24) is 10.2 Å². The number of carbonyl (C=O) groups excluding carboxylic acids is 2. The van der Waals surface area contributed by atoms with Gasteiger partial charge in [-0.1, -0.05) is 65.7 Å². The van der Waals surface area contributed by atoms with Gasteiger partial charge in [-0.2, -0.15) is 13.2 Å². The molecule has 0 unspecified atom stereocenters. The van der Waals surface area contributed by atoms with Crippen molar-refractivity contribution in [3.63, 3.8) is 0 Å². The Balaban J connectivity index is 2.09. The number of hydrogen-bond acceptors (Lipinski definition) is 4. The second kappa shape index (κ2) is 12.9. The molecule has 7 nitrogen and oxygen atoms in total. The number of benzene rings is 3. The second-order valence-electron chi connectivity index (χ2n) is 8.90. The van der Waals surface area contributed by atoms with Crippen LogP contribution < -0.4 is 9.62 Å². The lowest BCUT2D eigenvalue weighted by atomic mass is 10.0. The molecule has 2 amide bonds. The Labute approximate surface area is 240 Å². The Hall–Kier alpha value is -3.28. The van der Waals surface area contributed by atoms with E-state index >= 15 is 0 Å². The highest BCUT2D eigenvalue weighted by molar-refractivity contribution is 7.92. The largest absolute Gasteiger partial charge is 0.416 e. The highest BCUT2D eigenvalue weighted by Gasteiger charge is 2.35. The van der Waals surface area contributed by atoms with E-state index in [1.165, 1.54) is 11.9 Å². The van der Waals surface area contributed by atoms with Crippen molar-refractivity contribution < 1.29 is 31.2 Å². The zero-order valence-electron chi connectivity index (χ0n) is 21.5. The van der Waals surface area contributed by atoms with E-state index in [9.17, 15) is 31.2 Å². The molecule has 0 spiro atoms. The average molecular weight is 616 g/mol. The fourth-order valence-corrected chi connectivity index (χ4v) is 5.36. The number of nitrogens with zero attached hydrogens (tertiary/aromatic N) is 2. The van der Waals surface area contributed by atoms with Crippen LogP contribution in [0, 0.1) is 0 Å². The quantitative estimate of drug-likeness (QED) is 0.341. The van der Waals surface area contributed by atoms with Gasteiger partial charge >= 0.3 is 6.18 Å². The molecule has 3 rings (SSSR count). The first-order valence-corrected chi connectivity index (χ1v) is 14.4. The van der Waals surface area contributed by atoms with Crippen LogP contribution in [-0.4, -0.2) is 51.0 Å². The molecule has 3 aromatic rings. The van der Waals surface area contributed by atoms with Gasteiger partial charge in [0.15, 0.2) is 0 Å². The molecule has 214 valence electrons. The Morgan fingerprint density at radius 2 is 1.60 bits per heavy atom. The monoisotopic (exact) mass is 615 g/mol. The molecule has 0 saturated heterocycles. The van der Waals surface area contributed by atoms with Crippen LogP contribution in [0.3, 0.4) is 0 Å². The standard InChI is InChI=1S/C27H26Cl2F3N3O4S/c1-33-26(37)24(14-18-7-4-3-5-8-18)34(16-19-9-6-10-21(28)13-19)25(36)17-35(40(2,38)39)23-15-20(27(30,31)32)11-12-22(23)29/h3-13,15,24H,14,16-17H2,1-2H3,(H,33,37)/t24-/m1/s1. The van der Waals surface area contributed by atoms with Crippen LogP contribution in [0.5, 0.6) is 0 Å². The topological polar surface area (TPSA) is 86.8 Å². The lowest BCUT2D eigenvalue weighted by Gasteiger charge is -2.33. The predicted molar refractivity (Wildman–Crippen MR) is 149 cm³/mol. The van der Waals surface area contributed by atoms with Crippen molar-refractivity contribution >= 4 is 50.7 Å². The average Bonchev–Trinajstić information content (AvgIpc) is 2.88. The van der Waals surface area contributed by atoms with Crippen molar-refractivity contribution in [3.05, 3.63) is 99.5 Å². The molecule has 0 aliphatic heterocycles. The fourth-order valence-electron chi connectivity index (χ4n) is 4.03. The number of alkyl halides is 3. The molecule has 0 aliphatic rings. The Bertz CT molecular complexity index is 1470. The summed E-state index contributed by atoms with van der Waals surface area (Å²) in [6.07, 6.45) is -3.96. The van der Waals surface area contributed by atoms with Gasteiger partial charge in [0.2, 0.25) is 21.8 Å². The Kier molecular flexibility index (Phi) is 10.1. The van der Waals surface area contributed by atoms with Crippen LogP contribution in [0.1, 0.15) is 16.7 Å². The molecule has 0 fully saturated rings. The molecule has 40 heavy (non-hydrogen) atoms. The summed E-state index contributed by atoms with van der Waals surface area (Å²) < 4.78 is 66.3. The van der Waals surface area contributed by atoms with E-state index in [0.29, 0.717) is 27.0 Å². The van der Waals surface area contributed by atoms with Gasteiger partial charge in [0.1, 0.15) is 12.6 Å². The SMILES string of the molecule is CNC(=O)[C@@H](Cc1ccccc1)N(Cc1cccc(Cl)c1)C(=O)CN(c1cc(C(F)(F)F)ccc1Cl)S(C)(=O)=O.